The lowest BCUT2D eigenvalue weighted by Gasteiger charge is -2.33. The van der Waals surface area contributed by atoms with Crippen LogP contribution in [-0.2, 0) is 33.5 Å². The van der Waals surface area contributed by atoms with Crippen molar-refractivity contribution in [2.75, 3.05) is 19.7 Å². The molecular formula is C21H27FN4O7S. The number of aliphatic hydroxyl groups excluding tert-OH is 2. The maximum absolute atomic E-state index is 13.9. The van der Waals surface area contributed by atoms with Crippen molar-refractivity contribution in [3.05, 3.63) is 51.5 Å². The van der Waals surface area contributed by atoms with Crippen molar-refractivity contribution in [3.63, 3.8) is 0 Å². The summed E-state index contributed by atoms with van der Waals surface area (Å²) < 4.78 is 48.0. The van der Waals surface area contributed by atoms with Gasteiger partial charge in [-0.2, -0.15) is 4.31 Å². The fraction of sp³-hybridized carbons (Fsp3) is 0.524. The molecule has 2 aromatic rings. The molecule has 1 aromatic heterocycles. The van der Waals surface area contributed by atoms with Crippen LogP contribution in [-0.4, -0.2) is 63.4 Å². The summed E-state index contributed by atoms with van der Waals surface area (Å²) in [6.07, 6.45) is -2.15. The molecule has 4 N–H and O–H groups in total. The van der Waals surface area contributed by atoms with Crippen LogP contribution in [0.15, 0.2) is 27.9 Å². The zero-order valence-electron chi connectivity index (χ0n) is 18.7. The first-order valence-electron chi connectivity index (χ1n) is 10.8. The molecule has 2 atom stereocenters. The highest BCUT2D eigenvalue weighted by Crippen LogP contribution is 2.29. The summed E-state index contributed by atoms with van der Waals surface area (Å²) in [5.74, 6) is -1.26. The van der Waals surface area contributed by atoms with E-state index >= 15 is 0 Å². The van der Waals surface area contributed by atoms with E-state index in [0.29, 0.717) is 0 Å². The number of rotatable bonds is 6. The Labute approximate surface area is 195 Å². The van der Waals surface area contributed by atoms with Crippen LogP contribution in [0.25, 0.3) is 0 Å². The van der Waals surface area contributed by atoms with E-state index in [1.807, 2.05) is 0 Å². The van der Waals surface area contributed by atoms with Crippen molar-refractivity contribution in [3.8, 4) is 5.75 Å². The van der Waals surface area contributed by atoms with Gasteiger partial charge < -0.3 is 20.1 Å². The van der Waals surface area contributed by atoms with Gasteiger partial charge >= 0.3 is 0 Å². The van der Waals surface area contributed by atoms with E-state index in [1.165, 1.54) is 10.6 Å². The van der Waals surface area contributed by atoms with E-state index in [4.69, 9.17) is 4.74 Å². The molecule has 2 unspecified atom stereocenters. The van der Waals surface area contributed by atoms with Crippen molar-refractivity contribution >= 4 is 10.0 Å². The Balaban J connectivity index is 1.62. The smallest absolute Gasteiger partial charge is 0.296 e. The summed E-state index contributed by atoms with van der Waals surface area (Å²) in [5.41, 5.74) is -1.84. The predicted molar refractivity (Wildman–Crippen MR) is 117 cm³/mol. The number of sulfonamides is 1. The lowest BCUT2D eigenvalue weighted by atomic mass is 10.1. The first-order valence-corrected chi connectivity index (χ1v) is 12.2. The van der Waals surface area contributed by atoms with Gasteiger partial charge in [-0.05, 0) is 38.0 Å². The molecule has 13 heteroatoms. The quantitative estimate of drug-likeness (QED) is 0.399. The van der Waals surface area contributed by atoms with Gasteiger partial charge in [-0.3, -0.25) is 14.7 Å². The number of hydrogen-bond acceptors (Lipinski definition) is 9. The SMILES string of the molecule is CC1(C)OCCn2c1nc(C(O)NCc1ccc(F)cc1S(=O)(=O)N1CCC(O)C1)c(O)c2=O. The van der Waals surface area contributed by atoms with E-state index in [0.717, 1.165) is 16.4 Å². The topological polar surface area (TPSA) is 154 Å². The Kier molecular flexibility index (Phi) is 6.52. The molecule has 186 valence electrons. The molecule has 3 heterocycles. The number of aromatic hydroxyl groups is 1. The molecule has 0 radical (unpaired) electrons. The predicted octanol–water partition coefficient (Wildman–Crippen LogP) is -0.111. The van der Waals surface area contributed by atoms with E-state index < -0.39 is 45.1 Å². The summed E-state index contributed by atoms with van der Waals surface area (Å²) >= 11 is 0. The maximum Gasteiger partial charge on any atom is 0.296 e. The zero-order chi connectivity index (χ0) is 24.8. The number of aromatic nitrogens is 2. The van der Waals surface area contributed by atoms with Crippen molar-refractivity contribution in [2.45, 2.75) is 56.2 Å². The van der Waals surface area contributed by atoms with E-state index in [2.05, 4.69) is 10.3 Å². The molecule has 0 aliphatic carbocycles. The van der Waals surface area contributed by atoms with Crippen LogP contribution < -0.4 is 10.9 Å². The highest BCUT2D eigenvalue weighted by atomic mass is 32.2. The van der Waals surface area contributed by atoms with Gasteiger partial charge in [-0.1, -0.05) is 6.07 Å². The van der Waals surface area contributed by atoms with Crippen LogP contribution in [0.5, 0.6) is 5.75 Å². The molecule has 0 saturated carbocycles. The second kappa shape index (κ2) is 8.98. The van der Waals surface area contributed by atoms with E-state index in [-0.39, 0.29) is 61.2 Å². The van der Waals surface area contributed by atoms with Crippen LogP contribution in [0.4, 0.5) is 4.39 Å². The Morgan fingerprint density at radius 1 is 1.35 bits per heavy atom. The minimum Gasteiger partial charge on any atom is -0.502 e. The summed E-state index contributed by atoms with van der Waals surface area (Å²) in [6, 6.07) is 3.23. The largest absolute Gasteiger partial charge is 0.502 e. The number of ether oxygens (including phenoxy) is 1. The molecule has 34 heavy (non-hydrogen) atoms. The Morgan fingerprint density at radius 2 is 2.09 bits per heavy atom. The van der Waals surface area contributed by atoms with Crippen molar-refractivity contribution in [1.82, 2.24) is 19.2 Å². The number of hydrogen-bond donors (Lipinski definition) is 4. The summed E-state index contributed by atoms with van der Waals surface area (Å²) in [5, 5.41) is 33.4. The molecule has 2 aliphatic heterocycles. The average Bonchev–Trinajstić information content (AvgIpc) is 3.22. The van der Waals surface area contributed by atoms with Gasteiger partial charge in [-0.25, -0.2) is 17.8 Å². The highest BCUT2D eigenvalue weighted by molar-refractivity contribution is 7.89. The van der Waals surface area contributed by atoms with Gasteiger partial charge in [0, 0.05) is 19.6 Å². The standard InChI is InChI=1S/C21H27FN4O7S/c1-21(2)20-24-16(17(28)19(30)26(20)7-8-33-21)18(29)23-10-12-3-4-13(22)9-15(12)34(31,32)25-6-5-14(27)11-25/h3-4,9,14,18,23,27-29H,5-8,10-11H2,1-2H3. The number of nitrogens with one attached hydrogen (secondary N) is 1. The van der Waals surface area contributed by atoms with E-state index in [1.54, 1.807) is 13.8 Å². The summed E-state index contributed by atoms with van der Waals surface area (Å²) in [4.78, 5) is 16.6. The third-order valence-corrected chi connectivity index (χ3v) is 7.95. The molecule has 1 aromatic carbocycles. The molecule has 2 aliphatic rings. The summed E-state index contributed by atoms with van der Waals surface area (Å²) in [6.45, 7) is 3.63. The van der Waals surface area contributed by atoms with Crippen molar-refractivity contribution in [2.24, 2.45) is 0 Å². The van der Waals surface area contributed by atoms with Gasteiger partial charge in [0.2, 0.25) is 15.8 Å². The van der Waals surface area contributed by atoms with Crippen LogP contribution >= 0.6 is 0 Å². The number of β-amino-alcohol motifs (C(OH)–C–C–N with tert-alkyl or cyclic N) is 1. The van der Waals surface area contributed by atoms with Crippen molar-refractivity contribution < 1.29 is 32.9 Å². The lowest BCUT2D eigenvalue weighted by molar-refractivity contribution is -0.0573. The summed E-state index contributed by atoms with van der Waals surface area (Å²) in [7, 11) is -4.10. The van der Waals surface area contributed by atoms with E-state index in [9.17, 15) is 32.9 Å². The first-order chi connectivity index (χ1) is 15.9. The molecular weight excluding hydrogens is 471 g/mol. The highest BCUT2D eigenvalue weighted by Gasteiger charge is 2.35. The van der Waals surface area contributed by atoms with Gasteiger partial charge in [0.1, 0.15) is 22.9 Å². The van der Waals surface area contributed by atoms with Crippen molar-refractivity contribution in [1.29, 1.82) is 0 Å². The van der Waals surface area contributed by atoms with Crippen LogP contribution in [0, 0.1) is 5.82 Å². The molecule has 0 spiro atoms. The van der Waals surface area contributed by atoms with Gasteiger partial charge in [0.05, 0.1) is 24.2 Å². The Morgan fingerprint density at radius 3 is 2.76 bits per heavy atom. The number of nitrogens with zero attached hydrogens (tertiary/aromatic N) is 3. The first kappa shape index (κ1) is 24.7. The third kappa shape index (κ3) is 4.46. The zero-order valence-corrected chi connectivity index (χ0v) is 19.5. The normalized spacial score (nSPS) is 21.4. The molecule has 1 fully saturated rings. The Bertz CT molecular complexity index is 1260. The molecule has 4 rings (SSSR count). The average molecular weight is 499 g/mol. The lowest BCUT2D eigenvalue weighted by Crippen LogP contribution is -2.42. The second-order valence-corrected chi connectivity index (χ2v) is 10.7. The van der Waals surface area contributed by atoms with Gasteiger partial charge in [0.15, 0.2) is 6.23 Å². The number of aliphatic hydroxyl groups is 2. The number of fused-ring (bicyclic) bond motifs is 1. The monoisotopic (exact) mass is 498 g/mol. The fourth-order valence-corrected chi connectivity index (χ4v) is 5.89. The van der Waals surface area contributed by atoms with Gasteiger partial charge in [0.25, 0.3) is 5.56 Å². The maximum atomic E-state index is 13.9. The Hall–Kier alpha value is -2.42. The third-order valence-electron chi connectivity index (χ3n) is 6.01. The minimum atomic E-state index is -4.10. The fourth-order valence-electron chi connectivity index (χ4n) is 4.16. The van der Waals surface area contributed by atoms with Crippen LogP contribution in [0.1, 0.15) is 43.6 Å². The molecule has 11 nitrogen and oxygen atoms in total. The van der Waals surface area contributed by atoms with Crippen LogP contribution in [0.3, 0.4) is 0 Å². The molecule has 1 saturated heterocycles. The second-order valence-electron chi connectivity index (χ2n) is 8.83. The number of benzene rings is 1. The molecule has 0 bridgehead atoms. The molecule has 0 amide bonds. The number of halogens is 1. The van der Waals surface area contributed by atoms with Crippen LogP contribution in [0.2, 0.25) is 0 Å². The minimum absolute atomic E-state index is 0.0942. The van der Waals surface area contributed by atoms with Gasteiger partial charge in [-0.15, -0.1) is 0 Å².